The van der Waals surface area contributed by atoms with Crippen molar-refractivity contribution in [3.63, 3.8) is 0 Å². The number of hydrogen-bond donors (Lipinski definition) is 0. The van der Waals surface area contributed by atoms with Crippen molar-refractivity contribution in [3.8, 4) is 5.75 Å². The molecule has 1 aromatic rings. The Labute approximate surface area is 102 Å². The lowest BCUT2D eigenvalue weighted by atomic mass is 9.96. The Hall–Kier alpha value is -1.51. The number of ether oxygens (including phenoxy) is 2. The second kappa shape index (κ2) is 4.78. The summed E-state index contributed by atoms with van der Waals surface area (Å²) >= 11 is 0. The fourth-order valence-corrected chi connectivity index (χ4v) is 2.66. The zero-order chi connectivity index (χ0) is 12.4. The van der Waals surface area contributed by atoms with E-state index < -0.39 is 0 Å². The molecule has 0 heterocycles. The van der Waals surface area contributed by atoms with Gasteiger partial charge >= 0.3 is 5.97 Å². The first-order valence-corrected chi connectivity index (χ1v) is 5.90. The molecule has 1 aliphatic carbocycles. The predicted molar refractivity (Wildman–Crippen MR) is 65.4 cm³/mol. The molecular formula is C14H18O3. The van der Waals surface area contributed by atoms with E-state index in [-0.39, 0.29) is 5.97 Å². The van der Waals surface area contributed by atoms with Gasteiger partial charge in [-0.1, -0.05) is 6.07 Å². The third-order valence-electron chi connectivity index (χ3n) is 3.63. The Morgan fingerprint density at radius 1 is 1.41 bits per heavy atom. The van der Waals surface area contributed by atoms with Gasteiger partial charge in [0.2, 0.25) is 0 Å². The maximum atomic E-state index is 11.3. The lowest BCUT2D eigenvalue weighted by Gasteiger charge is -2.13. The summed E-state index contributed by atoms with van der Waals surface area (Å²) < 4.78 is 10.1. The Balaban J connectivity index is 2.27. The zero-order valence-corrected chi connectivity index (χ0v) is 10.6. The molecular weight excluding hydrogens is 216 g/mol. The van der Waals surface area contributed by atoms with Gasteiger partial charge in [-0.05, 0) is 48.4 Å². The first kappa shape index (κ1) is 12.0. The van der Waals surface area contributed by atoms with E-state index in [1.54, 1.807) is 7.11 Å². The van der Waals surface area contributed by atoms with Crippen molar-refractivity contribution < 1.29 is 14.3 Å². The third kappa shape index (κ3) is 2.14. The monoisotopic (exact) mass is 234 g/mol. The predicted octanol–water partition coefficient (Wildman–Crippen LogP) is 2.60. The number of esters is 1. The summed E-state index contributed by atoms with van der Waals surface area (Å²) in [5.74, 6) is 1.11. The van der Waals surface area contributed by atoms with Crippen LogP contribution in [0.15, 0.2) is 12.1 Å². The maximum Gasteiger partial charge on any atom is 0.306 e. The fourth-order valence-electron chi connectivity index (χ4n) is 2.66. The van der Waals surface area contributed by atoms with E-state index in [1.807, 2.05) is 6.07 Å². The normalized spacial score (nSPS) is 17.7. The van der Waals surface area contributed by atoms with E-state index in [0.717, 1.165) is 18.6 Å². The summed E-state index contributed by atoms with van der Waals surface area (Å²) in [6, 6.07) is 4.07. The van der Waals surface area contributed by atoms with E-state index >= 15 is 0 Å². The van der Waals surface area contributed by atoms with Gasteiger partial charge in [-0.2, -0.15) is 0 Å². The van der Waals surface area contributed by atoms with Crippen LogP contribution >= 0.6 is 0 Å². The van der Waals surface area contributed by atoms with E-state index in [0.29, 0.717) is 12.3 Å². The summed E-state index contributed by atoms with van der Waals surface area (Å²) in [7, 11) is 3.13. The Morgan fingerprint density at radius 3 is 2.82 bits per heavy atom. The molecule has 17 heavy (non-hydrogen) atoms. The molecule has 0 aromatic heterocycles. The molecule has 0 bridgehead atoms. The molecule has 0 saturated carbocycles. The Kier molecular flexibility index (Phi) is 3.36. The number of benzene rings is 1. The smallest absolute Gasteiger partial charge is 0.306 e. The minimum absolute atomic E-state index is 0.128. The molecule has 1 aromatic carbocycles. The molecule has 3 heteroatoms. The summed E-state index contributed by atoms with van der Waals surface area (Å²) in [4.78, 5) is 11.3. The van der Waals surface area contributed by atoms with Crippen LogP contribution in [-0.4, -0.2) is 20.2 Å². The maximum absolute atomic E-state index is 11.3. The standard InChI is InChI=1S/C14H18O3/c1-9-11-5-4-10(8-14(15)17-3)12(11)6-7-13(9)16-2/h6-7,10H,4-5,8H2,1-3H3/t10-/m1/s1. The molecule has 3 nitrogen and oxygen atoms in total. The Morgan fingerprint density at radius 2 is 2.18 bits per heavy atom. The molecule has 0 spiro atoms. The van der Waals surface area contributed by atoms with E-state index in [9.17, 15) is 4.79 Å². The van der Waals surface area contributed by atoms with Gasteiger partial charge in [-0.3, -0.25) is 4.79 Å². The first-order valence-electron chi connectivity index (χ1n) is 5.90. The van der Waals surface area contributed by atoms with Crippen molar-refractivity contribution in [2.24, 2.45) is 0 Å². The van der Waals surface area contributed by atoms with Crippen molar-refractivity contribution in [1.82, 2.24) is 0 Å². The van der Waals surface area contributed by atoms with Crippen LogP contribution in [0.1, 0.15) is 35.4 Å². The SMILES string of the molecule is COC(=O)C[C@H]1CCc2c1ccc(OC)c2C. The molecule has 1 atom stereocenters. The van der Waals surface area contributed by atoms with Gasteiger partial charge in [0.1, 0.15) is 5.75 Å². The van der Waals surface area contributed by atoms with Gasteiger partial charge < -0.3 is 9.47 Å². The zero-order valence-electron chi connectivity index (χ0n) is 10.6. The van der Waals surface area contributed by atoms with Crippen molar-refractivity contribution in [3.05, 3.63) is 28.8 Å². The van der Waals surface area contributed by atoms with Crippen LogP contribution in [-0.2, 0) is 16.0 Å². The van der Waals surface area contributed by atoms with Crippen LogP contribution in [0.2, 0.25) is 0 Å². The minimum Gasteiger partial charge on any atom is -0.496 e. The van der Waals surface area contributed by atoms with Crippen LogP contribution in [0.4, 0.5) is 0 Å². The summed E-state index contributed by atoms with van der Waals surface area (Å²) in [6.45, 7) is 2.08. The largest absolute Gasteiger partial charge is 0.496 e. The molecule has 1 aliphatic rings. The lowest BCUT2D eigenvalue weighted by molar-refractivity contribution is -0.141. The van der Waals surface area contributed by atoms with Crippen molar-refractivity contribution in [2.75, 3.05) is 14.2 Å². The second-order valence-corrected chi connectivity index (χ2v) is 4.48. The van der Waals surface area contributed by atoms with Crippen molar-refractivity contribution >= 4 is 5.97 Å². The molecule has 0 saturated heterocycles. The highest BCUT2D eigenvalue weighted by Crippen LogP contribution is 2.40. The average molecular weight is 234 g/mol. The van der Waals surface area contributed by atoms with Crippen molar-refractivity contribution in [2.45, 2.75) is 32.1 Å². The molecule has 0 radical (unpaired) electrons. The number of hydrogen-bond acceptors (Lipinski definition) is 3. The van der Waals surface area contributed by atoms with Crippen LogP contribution in [0, 0.1) is 6.92 Å². The van der Waals surface area contributed by atoms with Crippen LogP contribution in [0.3, 0.4) is 0 Å². The second-order valence-electron chi connectivity index (χ2n) is 4.48. The lowest BCUT2D eigenvalue weighted by Crippen LogP contribution is -2.06. The molecule has 0 fully saturated rings. The third-order valence-corrected chi connectivity index (χ3v) is 3.63. The molecule has 2 rings (SSSR count). The van der Waals surface area contributed by atoms with Crippen LogP contribution in [0.25, 0.3) is 0 Å². The molecule has 0 N–H and O–H groups in total. The molecule has 0 amide bonds. The van der Waals surface area contributed by atoms with Gasteiger partial charge in [0.25, 0.3) is 0 Å². The minimum atomic E-state index is -0.128. The average Bonchev–Trinajstić information content (AvgIpc) is 2.74. The highest BCUT2D eigenvalue weighted by Gasteiger charge is 2.27. The van der Waals surface area contributed by atoms with Crippen LogP contribution in [0.5, 0.6) is 5.75 Å². The number of fused-ring (bicyclic) bond motifs is 1. The number of carbonyl (C=O) groups is 1. The quantitative estimate of drug-likeness (QED) is 0.754. The molecule has 0 aliphatic heterocycles. The van der Waals surface area contributed by atoms with E-state index in [4.69, 9.17) is 9.47 Å². The number of rotatable bonds is 3. The van der Waals surface area contributed by atoms with Gasteiger partial charge in [0.15, 0.2) is 0 Å². The Bertz CT molecular complexity index is 437. The van der Waals surface area contributed by atoms with Gasteiger partial charge in [0, 0.05) is 0 Å². The van der Waals surface area contributed by atoms with Gasteiger partial charge in [-0.25, -0.2) is 0 Å². The number of methoxy groups -OCH3 is 2. The highest BCUT2D eigenvalue weighted by atomic mass is 16.5. The number of carbonyl (C=O) groups excluding carboxylic acids is 1. The van der Waals surface area contributed by atoms with Gasteiger partial charge in [0.05, 0.1) is 20.6 Å². The molecule has 92 valence electrons. The summed E-state index contributed by atoms with van der Waals surface area (Å²) in [5.41, 5.74) is 3.84. The fraction of sp³-hybridized carbons (Fsp3) is 0.500. The highest BCUT2D eigenvalue weighted by molar-refractivity contribution is 5.71. The topological polar surface area (TPSA) is 35.5 Å². The summed E-state index contributed by atoms with van der Waals surface area (Å²) in [6.07, 6.45) is 2.54. The first-order chi connectivity index (χ1) is 8.17. The molecule has 0 unspecified atom stereocenters. The van der Waals surface area contributed by atoms with Gasteiger partial charge in [-0.15, -0.1) is 0 Å². The van der Waals surface area contributed by atoms with E-state index in [1.165, 1.54) is 23.8 Å². The van der Waals surface area contributed by atoms with E-state index in [2.05, 4.69) is 13.0 Å². The van der Waals surface area contributed by atoms with Crippen LogP contribution < -0.4 is 4.74 Å². The summed E-state index contributed by atoms with van der Waals surface area (Å²) in [5, 5.41) is 0. The van der Waals surface area contributed by atoms with Crippen molar-refractivity contribution in [1.29, 1.82) is 0 Å².